The van der Waals surface area contributed by atoms with Crippen molar-refractivity contribution in [2.24, 2.45) is 0 Å². The Bertz CT molecular complexity index is 764. The second-order valence-electron chi connectivity index (χ2n) is 7.46. The van der Waals surface area contributed by atoms with Crippen molar-refractivity contribution in [1.82, 2.24) is 5.32 Å². The minimum absolute atomic E-state index is 0.101. The average molecular weight is 367 g/mol. The van der Waals surface area contributed by atoms with Crippen LogP contribution in [0.1, 0.15) is 42.9 Å². The number of amides is 1. The Labute approximate surface area is 162 Å². The van der Waals surface area contributed by atoms with Crippen LogP contribution in [0.15, 0.2) is 42.5 Å². The number of nitrogens with zero attached hydrogens (tertiary/aromatic N) is 1. The molecule has 0 spiro atoms. The van der Waals surface area contributed by atoms with Crippen molar-refractivity contribution in [3.63, 3.8) is 0 Å². The average Bonchev–Trinajstić information content (AvgIpc) is 2.70. The quantitative estimate of drug-likeness (QED) is 0.825. The number of nitrogens with one attached hydrogen (secondary N) is 1. The van der Waals surface area contributed by atoms with E-state index in [4.69, 9.17) is 4.74 Å². The van der Waals surface area contributed by atoms with Crippen molar-refractivity contribution in [3.05, 3.63) is 59.2 Å². The van der Waals surface area contributed by atoms with Crippen molar-refractivity contribution >= 4 is 11.6 Å². The number of carbonyl (C=O) groups excluding carboxylic acids is 1. The third kappa shape index (κ3) is 5.25. The second kappa shape index (κ2) is 8.94. The van der Waals surface area contributed by atoms with Gasteiger partial charge in [0.1, 0.15) is 5.75 Å². The Morgan fingerprint density at radius 2 is 1.78 bits per heavy atom. The van der Waals surface area contributed by atoms with Gasteiger partial charge in [0.25, 0.3) is 5.91 Å². The monoisotopic (exact) mass is 366 g/mol. The molecular weight excluding hydrogens is 336 g/mol. The highest BCUT2D eigenvalue weighted by Crippen LogP contribution is 2.21. The molecule has 2 aromatic rings. The highest BCUT2D eigenvalue weighted by molar-refractivity contribution is 5.80. The molecule has 1 aliphatic heterocycles. The molecule has 1 fully saturated rings. The van der Waals surface area contributed by atoms with Crippen molar-refractivity contribution in [2.75, 3.05) is 18.0 Å². The van der Waals surface area contributed by atoms with Gasteiger partial charge >= 0.3 is 0 Å². The Kier molecular flexibility index (Phi) is 6.38. The summed E-state index contributed by atoms with van der Waals surface area (Å²) in [5.74, 6) is 0.666. The SMILES string of the molecule is Cc1ccc(C)c(OC(C)C(=O)NCc2ccc(N3CCCCC3)cc2)c1. The molecule has 1 N–H and O–H groups in total. The maximum atomic E-state index is 12.4. The standard InChI is InChI=1S/C23H30N2O2/c1-17-7-8-18(2)22(15-17)27-19(3)23(26)24-16-20-9-11-21(12-10-20)25-13-5-4-6-14-25/h7-12,15,19H,4-6,13-14,16H2,1-3H3,(H,24,26). The third-order valence-electron chi connectivity index (χ3n) is 5.14. The van der Waals surface area contributed by atoms with E-state index in [0.29, 0.717) is 6.54 Å². The molecule has 0 radical (unpaired) electrons. The molecule has 1 heterocycles. The number of hydrogen-bond acceptors (Lipinski definition) is 3. The molecular formula is C23H30N2O2. The first-order chi connectivity index (χ1) is 13.0. The lowest BCUT2D eigenvalue weighted by molar-refractivity contribution is -0.127. The first-order valence-electron chi connectivity index (χ1n) is 9.88. The van der Waals surface area contributed by atoms with Crippen molar-refractivity contribution in [2.45, 2.75) is 52.7 Å². The molecule has 0 aromatic heterocycles. The largest absolute Gasteiger partial charge is 0.481 e. The highest BCUT2D eigenvalue weighted by atomic mass is 16.5. The van der Waals surface area contributed by atoms with E-state index >= 15 is 0 Å². The van der Waals surface area contributed by atoms with Crippen LogP contribution in [0.5, 0.6) is 5.75 Å². The van der Waals surface area contributed by atoms with Gasteiger partial charge in [0.2, 0.25) is 0 Å². The lowest BCUT2D eigenvalue weighted by atomic mass is 10.1. The number of piperidine rings is 1. The van der Waals surface area contributed by atoms with Crippen LogP contribution in [0.25, 0.3) is 0 Å². The molecule has 0 saturated carbocycles. The molecule has 1 saturated heterocycles. The van der Waals surface area contributed by atoms with E-state index in [1.165, 1.54) is 24.9 Å². The summed E-state index contributed by atoms with van der Waals surface area (Å²) in [6.45, 7) is 8.59. The molecule has 1 unspecified atom stereocenters. The molecule has 1 atom stereocenters. The van der Waals surface area contributed by atoms with E-state index < -0.39 is 6.10 Å². The minimum atomic E-state index is -0.530. The van der Waals surface area contributed by atoms with Crippen LogP contribution in [0.3, 0.4) is 0 Å². The topological polar surface area (TPSA) is 41.6 Å². The van der Waals surface area contributed by atoms with Crippen LogP contribution in [0, 0.1) is 13.8 Å². The maximum Gasteiger partial charge on any atom is 0.261 e. The summed E-state index contributed by atoms with van der Waals surface area (Å²) in [5, 5.41) is 2.97. The predicted molar refractivity (Wildman–Crippen MR) is 110 cm³/mol. The van der Waals surface area contributed by atoms with E-state index in [0.717, 1.165) is 35.5 Å². The molecule has 2 aromatic carbocycles. The molecule has 4 heteroatoms. The summed E-state index contributed by atoms with van der Waals surface area (Å²) in [6.07, 6.45) is 3.35. The second-order valence-corrected chi connectivity index (χ2v) is 7.46. The van der Waals surface area contributed by atoms with E-state index in [1.54, 1.807) is 6.92 Å². The van der Waals surface area contributed by atoms with Gasteiger partial charge in [-0.2, -0.15) is 0 Å². The molecule has 1 amide bonds. The number of aryl methyl sites for hydroxylation is 2. The van der Waals surface area contributed by atoms with Crippen LogP contribution >= 0.6 is 0 Å². The van der Waals surface area contributed by atoms with Crippen molar-refractivity contribution in [3.8, 4) is 5.75 Å². The Morgan fingerprint density at radius 1 is 1.07 bits per heavy atom. The van der Waals surface area contributed by atoms with Crippen molar-refractivity contribution in [1.29, 1.82) is 0 Å². The first-order valence-corrected chi connectivity index (χ1v) is 9.88. The number of benzene rings is 2. The number of hydrogen-bond donors (Lipinski definition) is 1. The van der Waals surface area contributed by atoms with Gasteiger partial charge in [-0.1, -0.05) is 24.3 Å². The van der Waals surface area contributed by atoms with Gasteiger partial charge in [-0.3, -0.25) is 4.79 Å². The fraction of sp³-hybridized carbons (Fsp3) is 0.435. The lowest BCUT2D eigenvalue weighted by Crippen LogP contribution is -2.36. The van der Waals surface area contributed by atoms with Gasteiger partial charge < -0.3 is 15.0 Å². The van der Waals surface area contributed by atoms with E-state index in [-0.39, 0.29) is 5.91 Å². The zero-order valence-electron chi connectivity index (χ0n) is 16.6. The van der Waals surface area contributed by atoms with E-state index in [2.05, 4.69) is 34.5 Å². The minimum Gasteiger partial charge on any atom is -0.481 e. The Balaban J connectivity index is 1.51. The van der Waals surface area contributed by atoms with Gasteiger partial charge in [-0.25, -0.2) is 0 Å². The van der Waals surface area contributed by atoms with Crippen LogP contribution in [0.2, 0.25) is 0 Å². The molecule has 1 aliphatic rings. The van der Waals surface area contributed by atoms with Crippen LogP contribution in [-0.2, 0) is 11.3 Å². The summed E-state index contributed by atoms with van der Waals surface area (Å²) in [5.41, 5.74) is 4.53. The summed E-state index contributed by atoms with van der Waals surface area (Å²) in [4.78, 5) is 14.8. The molecule has 0 bridgehead atoms. The summed E-state index contributed by atoms with van der Waals surface area (Å²) >= 11 is 0. The van der Waals surface area contributed by atoms with Gasteiger partial charge in [-0.15, -0.1) is 0 Å². The number of rotatable bonds is 6. The fourth-order valence-electron chi connectivity index (χ4n) is 3.39. The smallest absolute Gasteiger partial charge is 0.261 e. The van der Waals surface area contributed by atoms with E-state index in [9.17, 15) is 4.79 Å². The highest BCUT2D eigenvalue weighted by Gasteiger charge is 2.16. The Morgan fingerprint density at radius 3 is 2.48 bits per heavy atom. The summed E-state index contributed by atoms with van der Waals surface area (Å²) < 4.78 is 5.86. The molecule has 4 nitrogen and oxygen atoms in total. The third-order valence-corrected chi connectivity index (χ3v) is 5.14. The Hall–Kier alpha value is -2.49. The van der Waals surface area contributed by atoms with Crippen LogP contribution in [-0.4, -0.2) is 25.1 Å². The molecule has 3 rings (SSSR count). The van der Waals surface area contributed by atoms with Gasteiger partial charge in [0.05, 0.1) is 0 Å². The van der Waals surface area contributed by atoms with Crippen LogP contribution < -0.4 is 15.0 Å². The lowest BCUT2D eigenvalue weighted by Gasteiger charge is -2.28. The fourth-order valence-corrected chi connectivity index (χ4v) is 3.39. The van der Waals surface area contributed by atoms with Gasteiger partial charge in [0, 0.05) is 25.3 Å². The van der Waals surface area contributed by atoms with Gasteiger partial charge in [-0.05, 0) is 74.9 Å². The van der Waals surface area contributed by atoms with Crippen LogP contribution in [0.4, 0.5) is 5.69 Å². The van der Waals surface area contributed by atoms with E-state index in [1.807, 2.05) is 32.0 Å². The zero-order valence-corrected chi connectivity index (χ0v) is 16.6. The molecule has 27 heavy (non-hydrogen) atoms. The maximum absolute atomic E-state index is 12.4. The zero-order chi connectivity index (χ0) is 19.2. The number of anilines is 1. The predicted octanol–water partition coefficient (Wildman–Crippen LogP) is 4.38. The van der Waals surface area contributed by atoms with Crippen molar-refractivity contribution < 1.29 is 9.53 Å². The molecule has 0 aliphatic carbocycles. The normalized spacial score (nSPS) is 15.3. The summed E-state index contributed by atoms with van der Waals surface area (Å²) in [6, 6.07) is 14.5. The molecule has 144 valence electrons. The van der Waals surface area contributed by atoms with Gasteiger partial charge in [0.15, 0.2) is 6.10 Å². The number of carbonyl (C=O) groups is 1. The summed E-state index contributed by atoms with van der Waals surface area (Å²) in [7, 11) is 0. The number of ether oxygens (including phenoxy) is 1. The first kappa shape index (κ1) is 19.3.